The number of anilines is 1. The maximum absolute atomic E-state index is 13.0. The number of carbonyl (C=O) groups is 3. The third kappa shape index (κ3) is 3.85. The molecule has 2 aromatic carbocycles. The number of carboxylic acid groups (broad SMARTS) is 1. The molecule has 3 aromatic rings. The van der Waals surface area contributed by atoms with Gasteiger partial charge in [-0.15, -0.1) is 0 Å². The molecule has 2 heterocycles. The fraction of sp³-hybridized carbons (Fsp3) is 0.200. The molecule has 0 spiro atoms. The van der Waals surface area contributed by atoms with Gasteiger partial charge in [0.1, 0.15) is 6.04 Å². The summed E-state index contributed by atoms with van der Waals surface area (Å²) in [6, 6.07) is 15.2. The van der Waals surface area contributed by atoms with E-state index in [9.17, 15) is 19.5 Å². The number of rotatable bonds is 6. The third-order valence-electron chi connectivity index (χ3n) is 5.79. The van der Waals surface area contributed by atoms with Crippen molar-refractivity contribution in [2.45, 2.75) is 32.4 Å². The summed E-state index contributed by atoms with van der Waals surface area (Å²) < 4.78 is 0. The molecule has 32 heavy (non-hydrogen) atoms. The Balaban J connectivity index is 1.55. The molecular weight excluding hydrogens is 406 g/mol. The summed E-state index contributed by atoms with van der Waals surface area (Å²) in [5.74, 6) is -1.50. The van der Waals surface area contributed by atoms with Gasteiger partial charge >= 0.3 is 5.97 Å². The Labute approximate surface area is 185 Å². The Morgan fingerprint density at radius 2 is 1.84 bits per heavy atom. The number of pyridine rings is 1. The van der Waals surface area contributed by atoms with Crippen molar-refractivity contribution < 1.29 is 19.5 Å². The first-order chi connectivity index (χ1) is 15.4. The van der Waals surface area contributed by atoms with Crippen LogP contribution in [0.25, 0.3) is 11.1 Å². The lowest BCUT2D eigenvalue weighted by Crippen LogP contribution is -2.42. The van der Waals surface area contributed by atoms with Gasteiger partial charge in [0.15, 0.2) is 0 Å². The van der Waals surface area contributed by atoms with Crippen LogP contribution in [0.3, 0.4) is 0 Å². The Morgan fingerprint density at radius 1 is 1.12 bits per heavy atom. The van der Waals surface area contributed by atoms with Crippen LogP contribution in [0.15, 0.2) is 67.0 Å². The molecule has 2 amide bonds. The number of aromatic nitrogens is 1. The minimum Gasteiger partial charge on any atom is -0.480 e. The summed E-state index contributed by atoms with van der Waals surface area (Å²) in [5.41, 5.74) is 4.21. The maximum Gasteiger partial charge on any atom is 0.326 e. The molecule has 0 radical (unpaired) electrons. The van der Waals surface area contributed by atoms with Gasteiger partial charge in [-0.3, -0.25) is 14.6 Å². The second-order valence-corrected chi connectivity index (χ2v) is 7.73. The molecule has 1 aromatic heterocycles. The molecule has 0 fully saturated rings. The van der Waals surface area contributed by atoms with Crippen LogP contribution in [0.2, 0.25) is 0 Å². The molecule has 0 saturated carbocycles. The zero-order valence-corrected chi connectivity index (χ0v) is 17.8. The van der Waals surface area contributed by atoms with Crippen LogP contribution >= 0.6 is 0 Å². The maximum atomic E-state index is 13.0. The molecule has 1 aliphatic heterocycles. The molecule has 1 aliphatic rings. The highest BCUT2D eigenvalue weighted by atomic mass is 16.4. The molecule has 0 aliphatic carbocycles. The van der Waals surface area contributed by atoms with E-state index >= 15 is 0 Å². The van der Waals surface area contributed by atoms with Crippen molar-refractivity contribution in [3.8, 4) is 11.1 Å². The normalized spacial score (nSPS) is 15.9. The van der Waals surface area contributed by atoms with Gasteiger partial charge in [-0.05, 0) is 60.4 Å². The fourth-order valence-electron chi connectivity index (χ4n) is 4.10. The highest BCUT2D eigenvalue weighted by Crippen LogP contribution is 2.37. The average Bonchev–Trinajstić information content (AvgIpc) is 3.05. The zero-order chi connectivity index (χ0) is 22.8. The van der Waals surface area contributed by atoms with Crippen molar-refractivity contribution in [1.82, 2.24) is 9.88 Å². The van der Waals surface area contributed by atoms with Crippen molar-refractivity contribution in [3.05, 3.63) is 83.7 Å². The van der Waals surface area contributed by atoms with Gasteiger partial charge in [-0.1, -0.05) is 31.2 Å². The highest BCUT2D eigenvalue weighted by Gasteiger charge is 2.40. The van der Waals surface area contributed by atoms with Crippen molar-refractivity contribution in [2.24, 2.45) is 0 Å². The van der Waals surface area contributed by atoms with E-state index in [1.54, 1.807) is 37.4 Å². The topological polar surface area (TPSA) is 99.6 Å². The van der Waals surface area contributed by atoms with E-state index in [1.807, 2.05) is 37.3 Å². The Morgan fingerprint density at radius 3 is 2.47 bits per heavy atom. The van der Waals surface area contributed by atoms with Crippen LogP contribution in [0.1, 0.15) is 52.6 Å². The van der Waals surface area contributed by atoms with Gasteiger partial charge in [-0.25, -0.2) is 4.79 Å². The lowest BCUT2D eigenvalue weighted by atomic mass is 9.98. The van der Waals surface area contributed by atoms with Crippen LogP contribution in [0.5, 0.6) is 0 Å². The quantitative estimate of drug-likeness (QED) is 0.606. The molecule has 2 unspecified atom stereocenters. The van der Waals surface area contributed by atoms with Crippen molar-refractivity contribution >= 4 is 23.5 Å². The van der Waals surface area contributed by atoms with Gasteiger partial charge in [-0.2, -0.15) is 0 Å². The Bertz CT molecular complexity index is 1180. The molecule has 7 nitrogen and oxygen atoms in total. The number of hydrogen-bond donors (Lipinski definition) is 2. The number of carboxylic acids is 1. The van der Waals surface area contributed by atoms with E-state index in [2.05, 4.69) is 10.3 Å². The first kappa shape index (κ1) is 21.2. The summed E-state index contributed by atoms with van der Waals surface area (Å²) in [5, 5.41) is 12.3. The van der Waals surface area contributed by atoms with E-state index in [-0.39, 0.29) is 17.9 Å². The molecule has 0 bridgehead atoms. The monoisotopic (exact) mass is 429 g/mol. The number of fused-ring (bicyclic) bond motifs is 1. The van der Waals surface area contributed by atoms with Crippen molar-refractivity contribution in [3.63, 3.8) is 0 Å². The largest absolute Gasteiger partial charge is 0.480 e. The molecule has 2 N–H and O–H groups in total. The molecule has 2 atom stereocenters. The molecule has 4 rings (SSSR count). The number of nitrogens with one attached hydrogen (secondary N) is 1. The predicted molar refractivity (Wildman–Crippen MR) is 120 cm³/mol. The van der Waals surface area contributed by atoms with E-state index in [4.69, 9.17) is 0 Å². The summed E-state index contributed by atoms with van der Waals surface area (Å²) in [7, 11) is 0. The lowest BCUT2D eigenvalue weighted by Gasteiger charge is -2.28. The van der Waals surface area contributed by atoms with Crippen LogP contribution in [0.4, 0.5) is 5.69 Å². The van der Waals surface area contributed by atoms with Crippen molar-refractivity contribution in [2.75, 3.05) is 5.32 Å². The minimum atomic E-state index is -0.996. The zero-order valence-electron chi connectivity index (χ0n) is 17.8. The SMILES string of the molecule is CCC(C(=O)O)N1C(=O)c2cc(-c3ccc(NC(=O)c4cccnc4)cc3)ccc2C1C. The number of aliphatic carboxylic acids is 1. The number of amides is 2. The van der Waals surface area contributed by atoms with E-state index in [0.717, 1.165) is 16.7 Å². The second-order valence-electron chi connectivity index (χ2n) is 7.73. The van der Waals surface area contributed by atoms with Gasteiger partial charge in [0.05, 0.1) is 11.6 Å². The smallest absolute Gasteiger partial charge is 0.326 e. The Hall–Kier alpha value is -4.00. The van der Waals surface area contributed by atoms with Crippen LogP contribution < -0.4 is 5.32 Å². The molecule has 0 saturated heterocycles. The number of nitrogens with zero attached hydrogens (tertiary/aromatic N) is 2. The van der Waals surface area contributed by atoms with Crippen LogP contribution in [0, 0.1) is 0 Å². The van der Waals surface area contributed by atoms with Gasteiger partial charge in [0.25, 0.3) is 11.8 Å². The van der Waals surface area contributed by atoms with Gasteiger partial charge in [0.2, 0.25) is 0 Å². The first-order valence-electron chi connectivity index (χ1n) is 10.4. The molecule has 162 valence electrons. The van der Waals surface area contributed by atoms with E-state index in [1.165, 1.54) is 11.1 Å². The average molecular weight is 429 g/mol. The number of hydrogen-bond acceptors (Lipinski definition) is 4. The van der Waals surface area contributed by atoms with E-state index < -0.39 is 12.0 Å². The summed E-state index contributed by atoms with van der Waals surface area (Å²) in [6.07, 6.45) is 3.46. The highest BCUT2D eigenvalue weighted by molar-refractivity contribution is 6.04. The van der Waals surface area contributed by atoms with E-state index in [0.29, 0.717) is 23.2 Å². The van der Waals surface area contributed by atoms with Gasteiger partial charge in [0, 0.05) is 23.6 Å². The molecule has 7 heteroatoms. The number of carbonyl (C=O) groups excluding carboxylic acids is 2. The summed E-state index contributed by atoms with van der Waals surface area (Å²) in [6.45, 7) is 3.62. The minimum absolute atomic E-state index is 0.244. The number of benzene rings is 2. The standard InChI is InChI=1S/C25H23N3O4/c1-3-22(25(31)32)28-15(2)20-11-8-17(13-21(20)24(28)30)16-6-9-19(10-7-16)27-23(29)18-5-4-12-26-14-18/h4-15,22H,3H2,1-2H3,(H,27,29)(H,31,32). The summed E-state index contributed by atoms with van der Waals surface area (Å²) in [4.78, 5) is 42.3. The second kappa shape index (κ2) is 8.63. The third-order valence-corrected chi connectivity index (χ3v) is 5.79. The first-order valence-corrected chi connectivity index (χ1v) is 10.4. The predicted octanol–water partition coefficient (Wildman–Crippen LogP) is 4.38. The molecular formula is C25H23N3O4. The lowest BCUT2D eigenvalue weighted by molar-refractivity contribution is -0.143. The van der Waals surface area contributed by atoms with Gasteiger partial charge < -0.3 is 15.3 Å². The Kier molecular flexibility index (Phi) is 5.73. The van der Waals surface area contributed by atoms with Crippen LogP contribution in [-0.2, 0) is 4.79 Å². The summed E-state index contributed by atoms with van der Waals surface area (Å²) >= 11 is 0. The van der Waals surface area contributed by atoms with Crippen LogP contribution in [-0.4, -0.2) is 38.8 Å². The fourth-order valence-corrected chi connectivity index (χ4v) is 4.10. The van der Waals surface area contributed by atoms with Crippen molar-refractivity contribution in [1.29, 1.82) is 0 Å².